The molecule has 0 saturated heterocycles. The second kappa shape index (κ2) is 2.99. The number of hydrogen-bond acceptors (Lipinski definition) is 0. The number of rotatable bonds is 0. The van der Waals surface area contributed by atoms with Crippen LogP contribution in [0.5, 0.6) is 0 Å². The molecule has 0 unspecified atom stereocenters. The Balaban J connectivity index is 3.14. The van der Waals surface area contributed by atoms with Crippen LogP contribution in [0.3, 0.4) is 0 Å². The van der Waals surface area contributed by atoms with Crippen molar-refractivity contribution in [1.29, 1.82) is 0 Å². The van der Waals surface area contributed by atoms with Crippen LogP contribution in [0.25, 0.3) is 0 Å². The molecule has 2 heteroatoms. The van der Waals surface area contributed by atoms with Gasteiger partial charge in [-0.15, -0.1) is 0 Å². The molecule has 0 aliphatic carbocycles. The van der Waals surface area contributed by atoms with Crippen LogP contribution >= 0.6 is 0 Å². The minimum atomic E-state index is 0.446. The van der Waals surface area contributed by atoms with Gasteiger partial charge in [-0.05, 0) is 0 Å². The molecule has 0 radical (unpaired) electrons. The van der Waals surface area contributed by atoms with E-state index in [2.05, 4.69) is 0 Å². The Hall–Kier alpha value is -0.00623. The van der Waals surface area contributed by atoms with Gasteiger partial charge in [-0.1, -0.05) is 0 Å². The Bertz CT molecular complexity index is 59.0. The summed E-state index contributed by atoms with van der Waals surface area (Å²) in [7, 11) is 0.892. The lowest BCUT2D eigenvalue weighted by Crippen LogP contribution is -1.59. The molecule has 0 aromatic carbocycles. The highest BCUT2D eigenvalue weighted by Crippen LogP contribution is 0.966. The summed E-state index contributed by atoms with van der Waals surface area (Å²) in [5.41, 5.74) is 0. The van der Waals surface area contributed by atoms with Gasteiger partial charge in [0.1, 0.15) is 0 Å². The third-order valence-corrected chi connectivity index (χ3v) is 0.750. The van der Waals surface area contributed by atoms with Crippen molar-refractivity contribution >= 4 is 17.0 Å². The lowest BCUT2D eigenvalue weighted by molar-refractivity contribution is 3.60. The van der Waals surface area contributed by atoms with E-state index in [4.69, 9.17) is 12.0 Å². The van der Waals surface area contributed by atoms with Crippen LogP contribution in [0.4, 0.5) is 0 Å². The molecule has 0 rings (SSSR count). The lowest BCUT2D eigenvalue weighted by atomic mass is 12.0. The SMILES string of the molecule is C#[Si][Si]#C. The summed E-state index contributed by atoms with van der Waals surface area (Å²) >= 11 is 0. The average molecular weight is 82.2 g/mol. The van der Waals surface area contributed by atoms with E-state index < -0.39 is 0 Å². The number of hydrogen-bond donors (Lipinski definition) is 0. The third-order valence-electron chi connectivity index (χ3n) is 0.0833. The molecule has 0 spiro atoms. The van der Waals surface area contributed by atoms with Crippen molar-refractivity contribution in [2.45, 2.75) is 0 Å². The summed E-state index contributed by atoms with van der Waals surface area (Å²) in [6.07, 6.45) is 0. The summed E-state index contributed by atoms with van der Waals surface area (Å²) in [5, 5.41) is 0. The van der Waals surface area contributed by atoms with E-state index in [1.54, 1.807) is 0 Å². The average Bonchev–Trinajstić information content (AvgIpc) is 1.37. The van der Waals surface area contributed by atoms with E-state index in [1.807, 2.05) is 0 Å². The molecule has 0 atom stereocenters. The fourth-order valence-electron chi connectivity index (χ4n) is 0. The first-order valence-electron chi connectivity index (χ1n) is 0.827. The van der Waals surface area contributed by atoms with Gasteiger partial charge in [0.05, 0.1) is 0 Å². The van der Waals surface area contributed by atoms with Crippen molar-refractivity contribution < 1.29 is 0 Å². The van der Waals surface area contributed by atoms with Gasteiger partial charge in [-0.25, -0.2) is 0 Å². The summed E-state index contributed by atoms with van der Waals surface area (Å²) in [6, 6.07) is 9.89. The van der Waals surface area contributed by atoms with E-state index in [9.17, 15) is 0 Å². The minimum Gasteiger partial charge on any atom is -0.152 e. The summed E-state index contributed by atoms with van der Waals surface area (Å²) in [4.78, 5) is 0. The molecule has 0 aliphatic rings. The monoisotopic (exact) mass is 82.0 g/mol. The van der Waals surface area contributed by atoms with E-state index in [-0.39, 0.29) is 0 Å². The predicted octanol–water partition coefficient (Wildman–Crippen LogP) is -0.512. The molecule has 0 amide bonds. The van der Waals surface area contributed by atoms with Crippen molar-refractivity contribution in [2.24, 2.45) is 0 Å². The zero-order chi connectivity index (χ0) is 3.41. The Labute approximate surface area is 29.8 Å². The molecule has 0 heterocycles. The van der Waals surface area contributed by atoms with Crippen LogP contribution in [0.1, 0.15) is 0 Å². The van der Waals surface area contributed by atoms with E-state index in [0.717, 1.165) is 0 Å². The quantitative estimate of drug-likeness (QED) is 0.345. The molecule has 4 heavy (non-hydrogen) atoms. The maximum absolute atomic E-state index is 4.94. The highest BCUT2D eigenvalue weighted by Gasteiger charge is 1.27. The van der Waals surface area contributed by atoms with Gasteiger partial charge in [-0.2, -0.15) is 12.0 Å². The van der Waals surface area contributed by atoms with Crippen LogP contribution < -0.4 is 0 Å². The zero-order valence-electron chi connectivity index (χ0n) is 2.15. The van der Waals surface area contributed by atoms with Gasteiger partial charge >= 0.3 is 0 Å². The fourth-order valence-corrected chi connectivity index (χ4v) is 0. The first kappa shape index (κ1) is 3.99. The first-order valence-corrected chi connectivity index (χ1v) is 3.98. The highest BCUT2D eigenvalue weighted by atomic mass is 29.1. The third kappa shape index (κ3) is 1.99. The normalized spacial score (nSPS) is 2.50. The van der Waals surface area contributed by atoms with Crippen LogP contribution in [0, 0.1) is 12.0 Å². The second-order valence-corrected chi connectivity index (χ2v) is 2.60. The Morgan fingerprint density at radius 1 is 1.00 bits per heavy atom. The second-order valence-electron chi connectivity index (χ2n) is 0.289. The molecular formula is C2H2Si2. The minimum absolute atomic E-state index is 0.446. The molecule has 0 saturated carbocycles. The standard InChI is InChI=1S/C2H2Si2/c1-3-4-2/h1-2H. The molecule has 0 aromatic heterocycles. The molecule has 0 N–H and O–H groups in total. The van der Waals surface area contributed by atoms with Gasteiger partial charge in [0.25, 0.3) is 0 Å². The topological polar surface area (TPSA) is 0 Å². The van der Waals surface area contributed by atoms with Crippen molar-refractivity contribution in [3.05, 3.63) is 0 Å². The summed E-state index contributed by atoms with van der Waals surface area (Å²) in [6.45, 7) is 0. The zero-order valence-corrected chi connectivity index (χ0v) is 4.15. The van der Waals surface area contributed by atoms with Gasteiger partial charge in [-0.3, -0.25) is 0 Å². The Kier molecular flexibility index (Phi) is 2.99. The Morgan fingerprint density at radius 3 is 1.25 bits per heavy atom. The molecule has 0 aromatic rings. The van der Waals surface area contributed by atoms with Gasteiger partial charge in [0.15, 0.2) is 0 Å². The maximum Gasteiger partial charge on any atom is 0.0363 e. The molecule has 0 bridgehead atoms. The Morgan fingerprint density at radius 2 is 1.25 bits per heavy atom. The van der Waals surface area contributed by atoms with Gasteiger partial charge in [0, 0.05) is 17.0 Å². The lowest BCUT2D eigenvalue weighted by Gasteiger charge is -1.26. The predicted molar refractivity (Wildman–Crippen MR) is 21.4 cm³/mol. The van der Waals surface area contributed by atoms with Crippen LogP contribution in [0.2, 0.25) is 0 Å². The maximum atomic E-state index is 4.94. The molecule has 0 aliphatic heterocycles. The van der Waals surface area contributed by atoms with Crippen LogP contribution in [-0.4, -0.2) is 17.0 Å². The van der Waals surface area contributed by atoms with Crippen molar-refractivity contribution in [1.82, 2.24) is 0 Å². The first-order chi connectivity index (χ1) is 1.91. The molecule has 0 fully saturated rings. The van der Waals surface area contributed by atoms with Gasteiger partial charge in [0.2, 0.25) is 0 Å². The van der Waals surface area contributed by atoms with E-state index in [1.165, 1.54) is 0 Å². The van der Waals surface area contributed by atoms with E-state index >= 15 is 0 Å². The van der Waals surface area contributed by atoms with Crippen LogP contribution in [0.15, 0.2) is 0 Å². The largest absolute Gasteiger partial charge is 0.152 e. The summed E-state index contributed by atoms with van der Waals surface area (Å²) in [5.74, 6) is 0. The smallest absolute Gasteiger partial charge is 0.0363 e. The molecule has 18 valence electrons. The molecule has 0 nitrogen and oxygen atoms in total. The fraction of sp³-hybridized carbons (Fsp3) is 0. The van der Waals surface area contributed by atoms with E-state index in [0.29, 0.717) is 17.0 Å². The van der Waals surface area contributed by atoms with Crippen molar-refractivity contribution in [3.63, 3.8) is 0 Å². The van der Waals surface area contributed by atoms with Gasteiger partial charge < -0.3 is 0 Å². The highest BCUT2D eigenvalue weighted by molar-refractivity contribution is 6.87. The van der Waals surface area contributed by atoms with Crippen molar-refractivity contribution in [3.8, 4) is 12.0 Å². The summed E-state index contributed by atoms with van der Waals surface area (Å²) < 4.78 is 0. The van der Waals surface area contributed by atoms with Crippen LogP contribution in [-0.2, 0) is 0 Å². The molecular weight excluding hydrogens is 80.2 g/mol. The van der Waals surface area contributed by atoms with Crippen molar-refractivity contribution in [2.75, 3.05) is 0 Å².